The molecular weight excluding hydrogens is 527 g/mol. The van der Waals surface area contributed by atoms with E-state index >= 15 is 0 Å². The number of anilines is 1. The molecule has 1 aromatic heterocycles. The summed E-state index contributed by atoms with van der Waals surface area (Å²) in [5, 5.41) is 4.63. The van der Waals surface area contributed by atoms with Gasteiger partial charge in [0.1, 0.15) is 12.4 Å². The Morgan fingerprint density at radius 1 is 1.03 bits per heavy atom. The van der Waals surface area contributed by atoms with E-state index in [9.17, 15) is 17.6 Å². The number of benzene rings is 3. The Morgan fingerprint density at radius 2 is 1.74 bits per heavy atom. The lowest BCUT2D eigenvalue weighted by atomic mass is 10.2. The van der Waals surface area contributed by atoms with Gasteiger partial charge in [0.25, 0.3) is 15.9 Å². The van der Waals surface area contributed by atoms with Gasteiger partial charge in [-0.2, -0.15) is 5.10 Å². The number of aryl methyl sites for hydroxylation is 2. The van der Waals surface area contributed by atoms with Gasteiger partial charge in [-0.15, -0.1) is 0 Å². The largest absolute Gasteiger partial charge is 0.318 e. The summed E-state index contributed by atoms with van der Waals surface area (Å²) >= 11 is 6.14. The summed E-state index contributed by atoms with van der Waals surface area (Å²) in [6.07, 6.45) is 1.48. The molecule has 0 saturated heterocycles. The molecule has 0 unspecified atom stereocenters. The third-order valence-electron chi connectivity index (χ3n) is 5.95. The maximum Gasteiger partial charge on any atom is 0.264 e. The van der Waals surface area contributed by atoms with Crippen LogP contribution in [0.2, 0.25) is 5.02 Å². The number of amides is 1. The normalized spacial score (nSPS) is 11.6. The van der Waals surface area contributed by atoms with Gasteiger partial charge >= 0.3 is 0 Å². The summed E-state index contributed by atoms with van der Waals surface area (Å²) in [7, 11) is -4.24. The number of nitrogens with zero attached hydrogens (tertiary/aromatic N) is 3. The van der Waals surface area contributed by atoms with Crippen LogP contribution in [-0.2, 0) is 14.8 Å². The van der Waals surface area contributed by atoms with E-state index in [1.165, 1.54) is 36.5 Å². The van der Waals surface area contributed by atoms with Crippen molar-refractivity contribution in [3.63, 3.8) is 0 Å². The Hall–Kier alpha value is -3.95. The van der Waals surface area contributed by atoms with Crippen molar-refractivity contribution in [3.8, 4) is 5.69 Å². The highest BCUT2D eigenvalue weighted by atomic mass is 35.5. The second kappa shape index (κ2) is 11.2. The highest BCUT2D eigenvalue weighted by Crippen LogP contribution is 2.26. The number of halogens is 2. The molecule has 38 heavy (non-hydrogen) atoms. The minimum atomic E-state index is -4.24. The first-order valence-electron chi connectivity index (χ1n) is 11.7. The van der Waals surface area contributed by atoms with Crippen molar-refractivity contribution >= 4 is 39.4 Å². The molecule has 0 radical (unpaired) electrons. The molecule has 0 saturated carbocycles. The molecule has 0 bridgehead atoms. The summed E-state index contributed by atoms with van der Waals surface area (Å²) in [6.45, 7) is 5.00. The van der Waals surface area contributed by atoms with Crippen LogP contribution in [0.1, 0.15) is 22.5 Å². The van der Waals surface area contributed by atoms with E-state index in [-0.39, 0.29) is 10.6 Å². The minimum Gasteiger partial charge on any atom is -0.318 e. The van der Waals surface area contributed by atoms with Gasteiger partial charge in [-0.1, -0.05) is 47.5 Å². The number of rotatable bonds is 8. The fraction of sp³-hybridized carbons (Fsp3) is 0.143. The molecule has 0 spiro atoms. The zero-order chi connectivity index (χ0) is 27.4. The van der Waals surface area contributed by atoms with E-state index in [1.807, 2.05) is 49.6 Å². The number of carbonyl (C=O) groups excluding carboxylic acids is 1. The second-order valence-electron chi connectivity index (χ2n) is 8.71. The van der Waals surface area contributed by atoms with E-state index in [0.717, 1.165) is 38.6 Å². The molecule has 0 aliphatic carbocycles. The van der Waals surface area contributed by atoms with Crippen molar-refractivity contribution in [2.75, 3.05) is 10.8 Å². The van der Waals surface area contributed by atoms with Crippen molar-refractivity contribution in [2.24, 2.45) is 5.10 Å². The SMILES string of the molecule is Cc1ccc(S(=O)(=O)N(CC(=O)N/N=C/c2cc(C)n(-c3cccc(Cl)c3)c2C)c2ccccc2F)cc1. The van der Waals surface area contributed by atoms with Gasteiger partial charge in [0.05, 0.1) is 16.8 Å². The third kappa shape index (κ3) is 5.79. The van der Waals surface area contributed by atoms with Crippen LogP contribution in [0, 0.1) is 26.6 Å². The molecule has 1 amide bonds. The molecule has 3 aromatic carbocycles. The number of aromatic nitrogens is 1. The highest BCUT2D eigenvalue weighted by Gasteiger charge is 2.29. The van der Waals surface area contributed by atoms with E-state index in [1.54, 1.807) is 18.2 Å². The van der Waals surface area contributed by atoms with Gasteiger partial charge in [0.2, 0.25) is 0 Å². The number of para-hydroxylation sites is 1. The summed E-state index contributed by atoms with van der Waals surface area (Å²) in [5.41, 5.74) is 6.43. The van der Waals surface area contributed by atoms with Crippen molar-refractivity contribution in [2.45, 2.75) is 25.7 Å². The molecule has 0 aliphatic heterocycles. The summed E-state index contributed by atoms with van der Waals surface area (Å²) in [6, 6.07) is 20.8. The Labute approximate surface area is 226 Å². The average Bonchev–Trinajstić information content (AvgIpc) is 3.16. The Balaban J connectivity index is 1.56. The molecule has 4 rings (SSSR count). The van der Waals surface area contributed by atoms with Crippen molar-refractivity contribution < 1.29 is 17.6 Å². The lowest BCUT2D eigenvalue weighted by Gasteiger charge is -2.24. The standard InChI is InChI=1S/C28H26ClFN4O3S/c1-19-11-13-25(14-12-19)38(36,37)33(27-10-5-4-9-26(27)30)18-28(35)32-31-17-22-15-20(2)34(21(22)3)24-8-6-7-23(29)16-24/h4-17H,18H2,1-3H3,(H,32,35)/b31-17+. The quantitative estimate of drug-likeness (QED) is 0.230. The maximum absolute atomic E-state index is 14.6. The second-order valence-corrected chi connectivity index (χ2v) is 11.0. The first-order chi connectivity index (χ1) is 18.1. The fourth-order valence-electron chi connectivity index (χ4n) is 4.06. The molecule has 0 atom stereocenters. The molecule has 0 aliphatic rings. The molecule has 7 nitrogen and oxygen atoms in total. The number of sulfonamides is 1. The molecule has 1 N–H and O–H groups in total. The van der Waals surface area contributed by atoms with Crippen LogP contribution in [0.4, 0.5) is 10.1 Å². The zero-order valence-corrected chi connectivity index (χ0v) is 22.6. The summed E-state index contributed by atoms with van der Waals surface area (Å²) in [4.78, 5) is 12.7. The van der Waals surface area contributed by atoms with Crippen LogP contribution in [-0.4, -0.2) is 31.7 Å². The van der Waals surface area contributed by atoms with Gasteiger partial charge in [-0.25, -0.2) is 18.2 Å². The molecular formula is C28H26ClFN4O3S. The molecule has 196 valence electrons. The number of hydrogen-bond donors (Lipinski definition) is 1. The average molecular weight is 553 g/mol. The number of carbonyl (C=O) groups is 1. The molecule has 10 heteroatoms. The zero-order valence-electron chi connectivity index (χ0n) is 21.0. The van der Waals surface area contributed by atoms with Crippen LogP contribution in [0.3, 0.4) is 0 Å². The minimum absolute atomic E-state index is 0.0592. The Bertz CT molecular complexity index is 1620. The van der Waals surface area contributed by atoms with Gasteiger partial charge in [0.15, 0.2) is 0 Å². The lowest BCUT2D eigenvalue weighted by molar-refractivity contribution is -0.119. The van der Waals surface area contributed by atoms with E-state index in [2.05, 4.69) is 10.5 Å². The molecule has 0 fully saturated rings. The van der Waals surface area contributed by atoms with Crippen LogP contribution >= 0.6 is 11.6 Å². The predicted molar refractivity (Wildman–Crippen MR) is 148 cm³/mol. The van der Waals surface area contributed by atoms with Gasteiger partial charge in [0, 0.05) is 27.7 Å². The Morgan fingerprint density at radius 3 is 2.42 bits per heavy atom. The fourth-order valence-corrected chi connectivity index (χ4v) is 5.67. The predicted octanol–water partition coefficient (Wildman–Crippen LogP) is 5.54. The maximum atomic E-state index is 14.6. The van der Waals surface area contributed by atoms with Gasteiger partial charge < -0.3 is 4.57 Å². The Kier molecular flexibility index (Phi) is 7.99. The molecule has 4 aromatic rings. The molecule has 1 heterocycles. The first kappa shape index (κ1) is 27.1. The van der Waals surface area contributed by atoms with Gasteiger partial charge in [-0.05, 0) is 69.3 Å². The monoisotopic (exact) mass is 552 g/mol. The smallest absolute Gasteiger partial charge is 0.264 e. The summed E-state index contributed by atoms with van der Waals surface area (Å²) in [5.74, 6) is -1.50. The number of nitrogens with one attached hydrogen (secondary N) is 1. The van der Waals surface area contributed by atoms with E-state index in [0.29, 0.717) is 5.02 Å². The van der Waals surface area contributed by atoms with Crippen LogP contribution in [0.15, 0.2) is 88.9 Å². The van der Waals surface area contributed by atoms with Crippen molar-refractivity contribution in [1.82, 2.24) is 9.99 Å². The van der Waals surface area contributed by atoms with Gasteiger partial charge in [-0.3, -0.25) is 9.10 Å². The van der Waals surface area contributed by atoms with E-state index < -0.39 is 28.3 Å². The van der Waals surface area contributed by atoms with Crippen molar-refractivity contribution in [1.29, 1.82) is 0 Å². The topological polar surface area (TPSA) is 83.8 Å². The highest BCUT2D eigenvalue weighted by molar-refractivity contribution is 7.92. The first-order valence-corrected chi connectivity index (χ1v) is 13.5. The van der Waals surface area contributed by atoms with E-state index in [4.69, 9.17) is 11.6 Å². The number of hydrazone groups is 1. The number of hydrogen-bond acceptors (Lipinski definition) is 4. The van der Waals surface area contributed by atoms with Crippen LogP contribution in [0.5, 0.6) is 0 Å². The lowest BCUT2D eigenvalue weighted by Crippen LogP contribution is -2.40. The third-order valence-corrected chi connectivity index (χ3v) is 7.96. The van der Waals surface area contributed by atoms with Crippen LogP contribution in [0.25, 0.3) is 5.69 Å². The summed E-state index contributed by atoms with van der Waals surface area (Å²) < 4.78 is 44.2. The van der Waals surface area contributed by atoms with Crippen molar-refractivity contribution in [3.05, 3.63) is 112 Å². The van der Waals surface area contributed by atoms with Crippen LogP contribution < -0.4 is 9.73 Å².